The summed E-state index contributed by atoms with van der Waals surface area (Å²) in [6.07, 6.45) is 0. The standard InChI is InChI=1S/C11H18N2O3S/c1-8(7-14)9(2)13-17(15,16)11-6-4-3-5-10(11)12/h3-6,8-9,13-14H,7,12H2,1-2H3. The number of para-hydroxylation sites is 1. The van der Waals surface area contributed by atoms with E-state index in [0.717, 1.165) is 0 Å². The SMILES string of the molecule is CC(CO)C(C)NS(=O)(=O)c1ccccc1N. The number of benzene rings is 1. The highest BCUT2D eigenvalue weighted by Crippen LogP contribution is 2.18. The van der Waals surface area contributed by atoms with Gasteiger partial charge in [0.15, 0.2) is 0 Å². The summed E-state index contributed by atoms with van der Waals surface area (Å²) in [6.45, 7) is 3.40. The number of hydrogen-bond donors (Lipinski definition) is 3. The number of nitrogen functional groups attached to an aromatic ring is 1. The second-order valence-corrected chi connectivity index (χ2v) is 5.79. The van der Waals surface area contributed by atoms with Gasteiger partial charge in [-0.3, -0.25) is 0 Å². The second-order valence-electron chi connectivity index (χ2n) is 4.11. The summed E-state index contributed by atoms with van der Waals surface area (Å²) in [5.74, 6) is -0.158. The first kappa shape index (κ1) is 14.0. The Morgan fingerprint density at radius 3 is 2.47 bits per heavy atom. The first-order chi connectivity index (χ1) is 7.88. The molecule has 1 aromatic carbocycles. The molecular weight excluding hydrogens is 240 g/mol. The van der Waals surface area contributed by atoms with Gasteiger partial charge in [0, 0.05) is 12.6 Å². The van der Waals surface area contributed by atoms with E-state index in [2.05, 4.69) is 4.72 Å². The van der Waals surface area contributed by atoms with Crippen molar-refractivity contribution in [2.75, 3.05) is 12.3 Å². The lowest BCUT2D eigenvalue weighted by Gasteiger charge is -2.19. The molecule has 0 fully saturated rings. The van der Waals surface area contributed by atoms with E-state index >= 15 is 0 Å². The fourth-order valence-corrected chi connectivity index (χ4v) is 2.79. The lowest BCUT2D eigenvalue weighted by Crippen LogP contribution is -2.38. The molecule has 0 aromatic heterocycles. The number of sulfonamides is 1. The smallest absolute Gasteiger partial charge is 0.242 e. The van der Waals surface area contributed by atoms with Crippen LogP contribution in [-0.4, -0.2) is 26.2 Å². The summed E-state index contributed by atoms with van der Waals surface area (Å²) in [4.78, 5) is 0.0667. The molecule has 0 aliphatic heterocycles. The molecule has 17 heavy (non-hydrogen) atoms. The fraction of sp³-hybridized carbons (Fsp3) is 0.455. The van der Waals surface area contributed by atoms with Gasteiger partial charge in [-0.15, -0.1) is 0 Å². The van der Waals surface area contributed by atoms with E-state index in [-0.39, 0.29) is 29.1 Å². The topological polar surface area (TPSA) is 92.4 Å². The van der Waals surface area contributed by atoms with Gasteiger partial charge >= 0.3 is 0 Å². The van der Waals surface area contributed by atoms with Crippen molar-refractivity contribution in [1.82, 2.24) is 4.72 Å². The van der Waals surface area contributed by atoms with Gasteiger partial charge in [0.05, 0.1) is 5.69 Å². The lowest BCUT2D eigenvalue weighted by atomic mass is 10.1. The maximum atomic E-state index is 12.0. The van der Waals surface area contributed by atoms with Gasteiger partial charge < -0.3 is 10.8 Å². The second kappa shape index (κ2) is 5.48. The van der Waals surface area contributed by atoms with Crippen LogP contribution in [0.3, 0.4) is 0 Å². The van der Waals surface area contributed by atoms with E-state index in [1.54, 1.807) is 26.0 Å². The average Bonchev–Trinajstić information content (AvgIpc) is 2.27. The van der Waals surface area contributed by atoms with Gasteiger partial charge in [-0.1, -0.05) is 19.1 Å². The van der Waals surface area contributed by atoms with E-state index < -0.39 is 10.0 Å². The molecule has 96 valence electrons. The summed E-state index contributed by atoms with van der Waals surface area (Å²) in [7, 11) is -3.63. The van der Waals surface area contributed by atoms with E-state index in [4.69, 9.17) is 10.8 Å². The van der Waals surface area contributed by atoms with E-state index in [1.807, 2.05) is 0 Å². The van der Waals surface area contributed by atoms with Crippen molar-refractivity contribution >= 4 is 15.7 Å². The van der Waals surface area contributed by atoms with E-state index in [9.17, 15) is 8.42 Å². The maximum Gasteiger partial charge on any atom is 0.242 e. The summed E-state index contributed by atoms with van der Waals surface area (Å²) in [6, 6.07) is 5.92. The molecule has 6 heteroatoms. The van der Waals surface area contributed by atoms with Gasteiger partial charge in [0.1, 0.15) is 4.90 Å². The molecule has 5 nitrogen and oxygen atoms in total. The van der Waals surface area contributed by atoms with Crippen LogP contribution in [0.5, 0.6) is 0 Å². The molecule has 0 radical (unpaired) electrons. The van der Waals surface area contributed by atoms with Gasteiger partial charge in [0.2, 0.25) is 10.0 Å². The molecule has 0 amide bonds. The van der Waals surface area contributed by atoms with Crippen LogP contribution in [0.4, 0.5) is 5.69 Å². The normalized spacial score (nSPS) is 15.5. The van der Waals surface area contributed by atoms with Crippen LogP contribution in [0.25, 0.3) is 0 Å². The van der Waals surface area contributed by atoms with Gasteiger partial charge in [-0.05, 0) is 25.0 Å². The Hall–Kier alpha value is -1.11. The number of aliphatic hydroxyl groups excluding tert-OH is 1. The molecule has 2 unspecified atom stereocenters. The van der Waals surface area contributed by atoms with Crippen molar-refractivity contribution < 1.29 is 13.5 Å². The first-order valence-electron chi connectivity index (χ1n) is 5.36. The summed E-state index contributed by atoms with van der Waals surface area (Å²) < 4.78 is 26.5. The van der Waals surface area contributed by atoms with Crippen LogP contribution < -0.4 is 10.5 Å². The number of anilines is 1. The van der Waals surface area contributed by atoms with Crippen molar-refractivity contribution in [3.05, 3.63) is 24.3 Å². The fourth-order valence-electron chi connectivity index (χ4n) is 1.31. The third-order valence-electron chi connectivity index (χ3n) is 2.69. The molecule has 0 bridgehead atoms. The summed E-state index contributed by atoms with van der Waals surface area (Å²) >= 11 is 0. The van der Waals surface area contributed by atoms with Crippen LogP contribution in [0.1, 0.15) is 13.8 Å². The van der Waals surface area contributed by atoms with E-state index in [1.165, 1.54) is 12.1 Å². The highest BCUT2D eigenvalue weighted by molar-refractivity contribution is 7.89. The monoisotopic (exact) mass is 258 g/mol. The number of rotatable bonds is 5. The van der Waals surface area contributed by atoms with Crippen molar-refractivity contribution in [2.45, 2.75) is 24.8 Å². The molecule has 0 aliphatic carbocycles. The van der Waals surface area contributed by atoms with Crippen molar-refractivity contribution in [1.29, 1.82) is 0 Å². The summed E-state index contributed by atoms with van der Waals surface area (Å²) in [5.41, 5.74) is 5.83. The number of nitrogens with two attached hydrogens (primary N) is 1. The first-order valence-corrected chi connectivity index (χ1v) is 6.84. The van der Waals surface area contributed by atoms with E-state index in [0.29, 0.717) is 0 Å². The Balaban J connectivity index is 2.94. The minimum absolute atomic E-state index is 0.0667. The molecule has 0 saturated heterocycles. The maximum absolute atomic E-state index is 12.0. The Bertz CT molecular complexity index is 473. The molecule has 0 saturated carbocycles. The Morgan fingerprint density at radius 2 is 1.94 bits per heavy atom. The highest BCUT2D eigenvalue weighted by atomic mass is 32.2. The van der Waals surface area contributed by atoms with Gasteiger partial charge in [0.25, 0.3) is 0 Å². The number of nitrogens with one attached hydrogen (secondary N) is 1. The van der Waals surface area contributed by atoms with Crippen LogP contribution in [0.15, 0.2) is 29.2 Å². The quantitative estimate of drug-likeness (QED) is 0.673. The number of aliphatic hydroxyl groups is 1. The predicted octanol–water partition coefficient (Wildman–Crippen LogP) is 0.564. The lowest BCUT2D eigenvalue weighted by molar-refractivity contribution is 0.216. The van der Waals surface area contributed by atoms with Crippen LogP contribution in [-0.2, 0) is 10.0 Å². The molecule has 4 N–H and O–H groups in total. The minimum Gasteiger partial charge on any atom is -0.398 e. The van der Waals surface area contributed by atoms with Gasteiger partial charge in [-0.2, -0.15) is 0 Å². The molecule has 1 aromatic rings. The molecule has 0 heterocycles. The van der Waals surface area contributed by atoms with Crippen LogP contribution in [0, 0.1) is 5.92 Å². The van der Waals surface area contributed by atoms with Crippen molar-refractivity contribution in [3.8, 4) is 0 Å². The zero-order chi connectivity index (χ0) is 13.1. The van der Waals surface area contributed by atoms with Gasteiger partial charge in [-0.25, -0.2) is 13.1 Å². The van der Waals surface area contributed by atoms with Crippen LogP contribution >= 0.6 is 0 Å². The zero-order valence-electron chi connectivity index (χ0n) is 9.92. The molecule has 0 spiro atoms. The third kappa shape index (κ3) is 3.42. The third-order valence-corrected chi connectivity index (χ3v) is 4.32. The Labute approximate surface area is 102 Å². The summed E-state index contributed by atoms with van der Waals surface area (Å²) in [5, 5.41) is 8.97. The van der Waals surface area contributed by atoms with Crippen LogP contribution in [0.2, 0.25) is 0 Å². The van der Waals surface area contributed by atoms with Crippen molar-refractivity contribution in [2.24, 2.45) is 5.92 Å². The molecular formula is C11H18N2O3S. The zero-order valence-corrected chi connectivity index (χ0v) is 10.7. The highest BCUT2D eigenvalue weighted by Gasteiger charge is 2.22. The molecule has 2 atom stereocenters. The molecule has 1 rings (SSSR count). The Kier molecular flexibility index (Phi) is 4.50. The largest absolute Gasteiger partial charge is 0.398 e. The average molecular weight is 258 g/mol. The minimum atomic E-state index is -3.63. The van der Waals surface area contributed by atoms with Crippen molar-refractivity contribution in [3.63, 3.8) is 0 Å². The number of hydrogen-bond acceptors (Lipinski definition) is 4. The Morgan fingerprint density at radius 1 is 1.35 bits per heavy atom. The molecule has 0 aliphatic rings. The predicted molar refractivity (Wildman–Crippen MR) is 66.9 cm³/mol.